The molecule has 124 valence electrons. The Kier molecular flexibility index (Phi) is 5.20. The molecule has 0 saturated heterocycles. The Balaban J connectivity index is 0.000000880. The molecule has 25 heavy (non-hydrogen) atoms. The van der Waals surface area contributed by atoms with Gasteiger partial charge in [-0.05, 0) is 24.1 Å². The molecule has 0 atom stereocenters. The van der Waals surface area contributed by atoms with Gasteiger partial charge in [-0.3, -0.25) is 0 Å². The van der Waals surface area contributed by atoms with Gasteiger partial charge in [0.05, 0.1) is 11.2 Å². The maximum atomic E-state index is 4.66. The summed E-state index contributed by atoms with van der Waals surface area (Å²) in [7, 11) is 0. The summed E-state index contributed by atoms with van der Waals surface area (Å²) >= 11 is 0. The van der Waals surface area contributed by atoms with Crippen LogP contribution in [0.3, 0.4) is 0 Å². The van der Waals surface area contributed by atoms with Crippen LogP contribution in [0.2, 0.25) is 0 Å². The van der Waals surface area contributed by atoms with Crippen molar-refractivity contribution in [3.8, 4) is 22.4 Å². The van der Waals surface area contributed by atoms with E-state index in [1.165, 1.54) is 11.1 Å². The molecule has 0 bridgehead atoms. The second-order valence-electron chi connectivity index (χ2n) is 5.58. The average molecular weight is 326 g/mol. The zero-order valence-corrected chi connectivity index (χ0v) is 14.9. The summed E-state index contributed by atoms with van der Waals surface area (Å²) in [5.41, 5.74) is 5.54. The van der Waals surface area contributed by atoms with Crippen molar-refractivity contribution in [2.75, 3.05) is 0 Å². The van der Waals surface area contributed by atoms with Crippen LogP contribution in [0, 0.1) is 6.92 Å². The van der Waals surface area contributed by atoms with Crippen molar-refractivity contribution >= 4 is 10.9 Å². The van der Waals surface area contributed by atoms with E-state index < -0.39 is 0 Å². The molecule has 2 heteroatoms. The number of rotatable bonds is 2. The standard InChI is InChI=1S/C21H16N2.C2H6/c1-15-22-20-10-6-5-9-19(20)21(23-15)18-13-11-17(12-14-18)16-7-3-2-4-8-16;1-2/h2-14H,1H3;1-2H3. The lowest BCUT2D eigenvalue weighted by Crippen LogP contribution is -1.93. The molecule has 0 aliphatic rings. The number of benzene rings is 3. The van der Waals surface area contributed by atoms with Crippen molar-refractivity contribution < 1.29 is 0 Å². The fraction of sp³-hybridized carbons (Fsp3) is 0.130. The maximum Gasteiger partial charge on any atom is 0.126 e. The molecule has 0 N–H and O–H groups in total. The molecule has 1 aromatic heterocycles. The predicted molar refractivity (Wildman–Crippen MR) is 106 cm³/mol. The van der Waals surface area contributed by atoms with Crippen LogP contribution in [-0.2, 0) is 0 Å². The first-order valence-electron chi connectivity index (χ1n) is 8.70. The Hall–Kier alpha value is -3.00. The smallest absolute Gasteiger partial charge is 0.126 e. The Morgan fingerprint density at radius 2 is 1.12 bits per heavy atom. The molecule has 0 fully saturated rings. The van der Waals surface area contributed by atoms with Crippen LogP contribution >= 0.6 is 0 Å². The molecule has 3 aromatic carbocycles. The maximum absolute atomic E-state index is 4.66. The molecule has 0 spiro atoms. The molecule has 0 amide bonds. The fourth-order valence-corrected chi connectivity index (χ4v) is 2.86. The van der Waals surface area contributed by atoms with E-state index in [2.05, 4.69) is 64.6 Å². The van der Waals surface area contributed by atoms with Gasteiger partial charge in [0.25, 0.3) is 0 Å². The first-order valence-corrected chi connectivity index (χ1v) is 8.70. The summed E-state index contributed by atoms with van der Waals surface area (Å²) in [6.07, 6.45) is 0. The Morgan fingerprint density at radius 3 is 1.84 bits per heavy atom. The third-order valence-electron chi connectivity index (χ3n) is 3.98. The van der Waals surface area contributed by atoms with Gasteiger partial charge < -0.3 is 0 Å². The van der Waals surface area contributed by atoms with Crippen molar-refractivity contribution in [3.05, 3.63) is 84.7 Å². The molecular formula is C23H22N2. The molecule has 0 aliphatic heterocycles. The third kappa shape index (κ3) is 3.58. The molecule has 0 saturated carbocycles. The van der Waals surface area contributed by atoms with Crippen molar-refractivity contribution in [1.82, 2.24) is 9.97 Å². The second kappa shape index (κ2) is 7.71. The highest BCUT2D eigenvalue weighted by Crippen LogP contribution is 2.28. The van der Waals surface area contributed by atoms with Crippen LogP contribution in [-0.4, -0.2) is 9.97 Å². The van der Waals surface area contributed by atoms with Crippen LogP contribution in [0.5, 0.6) is 0 Å². The molecule has 1 heterocycles. The number of aryl methyl sites for hydroxylation is 1. The van der Waals surface area contributed by atoms with Gasteiger partial charge in [0.2, 0.25) is 0 Å². The number of hydrogen-bond donors (Lipinski definition) is 0. The van der Waals surface area contributed by atoms with Crippen molar-refractivity contribution in [1.29, 1.82) is 0 Å². The normalized spacial score (nSPS) is 10.2. The quantitative estimate of drug-likeness (QED) is 0.432. The van der Waals surface area contributed by atoms with Gasteiger partial charge in [0, 0.05) is 10.9 Å². The van der Waals surface area contributed by atoms with Gasteiger partial charge in [-0.2, -0.15) is 0 Å². The van der Waals surface area contributed by atoms with Crippen LogP contribution in [0.4, 0.5) is 0 Å². The molecule has 2 nitrogen and oxygen atoms in total. The molecule has 0 aliphatic carbocycles. The van der Waals surface area contributed by atoms with Gasteiger partial charge in [0.1, 0.15) is 5.82 Å². The zero-order valence-electron chi connectivity index (χ0n) is 14.9. The molecule has 0 unspecified atom stereocenters. The summed E-state index contributed by atoms with van der Waals surface area (Å²) in [5.74, 6) is 0.797. The first kappa shape index (κ1) is 16.8. The topological polar surface area (TPSA) is 25.8 Å². The zero-order chi connectivity index (χ0) is 17.6. The lowest BCUT2D eigenvalue weighted by molar-refractivity contribution is 1.10. The van der Waals surface area contributed by atoms with E-state index in [-0.39, 0.29) is 0 Å². The van der Waals surface area contributed by atoms with Crippen molar-refractivity contribution in [2.24, 2.45) is 0 Å². The highest BCUT2D eigenvalue weighted by molar-refractivity contribution is 5.92. The van der Waals surface area contributed by atoms with Crippen LogP contribution in [0.15, 0.2) is 78.9 Å². The molecular weight excluding hydrogens is 304 g/mol. The van der Waals surface area contributed by atoms with E-state index in [0.717, 1.165) is 28.0 Å². The first-order chi connectivity index (χ1) is 12.3. The van der Waals surface area contributed by atoms with Gasteiger partial charge in [-0.25, -0.2) is 9.97 Å². The average Bonchev–Trinajstić information content (AvgIpc) is 2.70. The predicted octanol–water partition coefficient (Wildman–Crippen LogP) is 6.30. The minimum absolute atomic E-state index is 0.797. The SMILES string of the molecule is CC.Cc1nc(-c2ccc(-c3ccccc3)cc2)c2ccccc2n1. The number of fused-ring (bicyclic) bond motifs is 1. The largest absolute Gasteiger partial charge is 0.233 e. The fourth-order valence-electron chi connectivity index (χ4n) is 2.86. The molecule has 0 radical (unpaired) electrons. The summed E-state index contributed by atoms with van der Waals surface area (Å²) < 4.78 is 0. The summed E-state index contributed by atoms with van der Waals surface area (Å²) in [6.45, 7) is 5.94. The lowest BCUT2D eigenvalue weighted by atomic mass is 10.0. The van der Waals surface area contributed by atoms with Gasteiger partial charge in [0.15, 0.2) is 0 Å². The summed E-state index contributed by atoms with van der Waals surface area (Å²) in [4.78, 5) is 9.18. The van der Waals surface area contributed by atoms with Gasteiger partial charge in [-0.1, -0.05) is 86.6 Å². The third-order valence-corrected chi connectivity index (χ3v) is 3.98. The Morgan fingerprint density at radius 1 is 0.560 bits per heavy atom. The van der Waals surface area contributed by atoms with E-state index in [1.807, 2.05) is 45.0 Å². The summed E-state index contributed by atoms with van der Waals surface area (Å²) in [5, 5.41) is 1.09. The van der Waals surface area contributed by atoms with Crippen LogP contribution < -0.4 is 0 Å². The number of para-hydroxylation sites is 1. The Bertz CT molecular complexity index is 958. The highest BCUT2D eigenvalue weighted by Gasteiger charge is 2.08. The van der Waals surface area contributed by atoms with E-state index in [4.69, 9.17) is 0 Å². The minimum atomic E-state index is 0.797. The van der Waals surface area contributed by atoms with E-state index in [1.54, 1.807) is 0 Å². The van der Waals surface area contributed by atoms with E-state index in [9.17, 15) is 0 Å². The highest BCUT2D eigenvalue weighted by atomic mass is 14.9. The van der Waals surface area contributed by atoms with Crippen LogP contribution in [0.1, 0.15) is 19.7 Å². The van der Waals surface area contributed by atoms with Gasteiger partial charge >= 0.3 is 0 Å². The van der Waals surface area contributed by atoms with Crippen LogP contribution in [0.25, 0.3) is 33.3 Å². The second-order valence-corrected chi connectivity index (χ2v) is 5.58. The molecule has 4 rings (SSSR count). The number of aromatic nitrogens is 2. The number of hydrogen-bond acceptors (Lipinski definition) is 2. The monoisotopic (exact) mass is 326 g/mol. The van der Waals surface area contributed by atoms with Gasteiger partial charge in [-0.15, -0.1) is 0 Å². The lowest BCUT2D eigenvalue weighted by Gasteiger charge is -2.08. The summed E-state index contributed by atoms with van der Waals surface area (Å²) in [6, 6.07) is 27.1. The Labute approximate surface area is 149 Å². The van der Waals surface area contributed by atoms with E-state index in [0.29, 0.717) is 0 Å². The minimum Gasteiger partial charge on any atom is -0.233 e. The van der Waals surface area contributed by atoms with E-state index >= 15 is 0 Å². The molecule has 4 aromatic rings. The van der Waals surface area contributed by atoms with Crippen molar-refractivity contribution in [2.45, 2.75) is 20.8 Å². The number of nitrogens with zero attached hydrogens (tertiary/aromatic N) is 2. The van der Waals surface area contributed by atoms with Crippen molar-refractivity contribution in [3.63, 3.8) is 0 Å².